The minimum Gasteiger partial charge on any atom is -0.486 e. The highest BCUT2D eigenvalue weighted by Gasteiger charge is 2.17. The van der Waals surface area contributed by atoms with Gasteiger partial charge in [0.15, 0.2) is 11.5 Å². The number of nitrogens with one attached hydrogen (secondary N) is 1. The molecule has 118 valence electrons. The Balaban J connectivity index is 1.60. The van der Waals surface area contributed by atoms with Crippen LogP contribution in [0, 0.1) is 0 Å². The average molecular weight is 301 g/mol. The Morgan fingerprint density at radius 2 is 1.82 bits per heavy atom. The minimum absolute atomic E-state index is 0.638. The van der Waals surface area contributed by atoms with Gasteiger partial charge in [0.1, 0.15) is 13.2 Å². The van der Waals surface area contributed by atoms with Crippen molar-refractivity contribution in [2.45, 2.75) is 6.42 Å². The Bertz CT molecular complexity index is 674. The summed E-state index contributed by atoms with van der Waals surface area (Å²) in [6.07, 6.45) is 3.33. The molecule has 0 aliphatic carbocycles. The van der Waals surface area contributed by atoms with Crippen LogP contribution in [-0.4, -0.2) is 55.4 Å². The molecule has 1 aromatic carbocycles. The van der Waals surface area contributed by atoms with Gasteiger partial charge in [0.25, 0.3) is 0 Å². The highest BCUT2D eigenvalue weighted by atomic mass is 16.6. The van der Waals surface area contributed by atoms with Crippen molar-refractivity contribution in [3.63, 3.8) is 0 Å². The number of ether oxygens (including phenoxy) is 2. The maximum absolute atomic E-state index is 5.74. The number of fused-ring (bicyclic) bond motifs is 2. The van der Waals surface area contributed by atoms with Crippen molar-refractivity contribution in [2.75, 3.05) is 45.9 Å². The smallest absolute Gasteiger partial charge is 0.163 e. The molecule has 22 heavy (non-hydrogen) atoms. The van der Waals surface area contributed by atoms with Gasteiger partial charge < -0.3 is 24.3 Å². The highest BCUT2D eigenvalue weighted by molar-refractivity contribution is 5.87. The van der Waals surface area contributed by atoms with Crippen LogP contribution in [0.25, 0.3) is 10.9 Å². The van der Waals surface area contributed by atoms with Gasteiger partial charge in [-0.15, -0.1) is 0 Å². The second-order valence-corrected chi connectivity index (χ2v) is 6.12. The fourth-order valence-electron chi connectivity index (χ4n) is 3.41. The van der Waals surface area contributed by atoms with Gasteiger partial charge in [0.05, 0.1) is 5.52 Å². The Morgan fingerprint density at radius 1 is 1.09 bits per heavy atom. The monoisotopic (exact) mass is 301 g/mol. The molecule has 5 heteroatoms. The zero-order valence-electron chi connectivity index (χ0n) is 13.1. The van der Waals surface area contributed by atoms with E-state index in [9.17, 15) is 0 Å². The number of aryl methyl sites for hydroxylation is 1. The molecule has 2 aliphatic heterocycles. The van der Waals surface area contributed by atoms with Crippen LogP contribution in [0.5, 0.6) is 11.5 Å². The summed E-state index contributed by atoms with van der Waals surface area (Å²) in [5, 5.41) is 4.70. The van der Waals surface area contributed by atoms with E-state index in [-0.39, 0.29) is 0 Å². The Hall–Kier alpha value is -1.72. The summed E-state index contributed by atoms with van der Waals surface area (Å²) < 4.78 is 13.6. The molecule has 0 spiro atoms. The molecule has 0 amide bonds. The maximum Gasteiger partial charge on any atom is 0.163 e. The third-order valence-corrected chi connectivity index (χ3v) is 4.64. The van der Waals surface area contributed by atoms with Crippen LogP contribution in [0.4, 0.5) is 0 Å². The van der Waals surface area contributed by atoms with Crippen molar-refractivity contribution in [3.05, 3.63) is 23.9 Å². The fourth-order valence-corrected chi connectivity index (χ4v) is 3.41. The summed E-state index contributed by atoms with van der Waals surface area (Å²) >= 11 is 0. The van der Waals surface area contributed by atoms with Crippen molar-refractivity contribution in [2.24, 2.45) is 7.05 Å². The van der Waals surface area contributed by atoms with Crippen LogP contribution in [-0.2, 0) is 13.5 Å². The van der Waals surface area contributed by atoms with E-state index in [1.165, 1.54) is 16.5 Å². The van der Waals surface area contributed by atoms with E-state index in [0.717, 1.165) is 50.6 Å². The number of piperazine rings is 1. The van der Waals surface area contributed by atoms with E-state index in [4.69, 9.17) is 9.47 Å². The number of rotatable bonds is 3. The number of benzene rings is 1. The highest BCUT2D eigenvalue weighted by Crippen LogP contribution is 2.36. The van der Waals surface area contributed by atoms with Crippen LogP contribution in [0.15, 0.2) is 18.3 Å². The fraction of sp³-hybridized carbons (Fsp3) is 0.529. The zero-order chi connectivity index (χ0) is 14.9. The quantitative estimate of drug-likeness (QED) is 0.930. The predicted octanol–water partition coefficient (Wildman–Crippen LogP) is 1.40. The summed E-state index contributed by atoms with van der Waals surface area (Å²) in [5.41, 5.74) is 2.62. The second kappa shape index (κ2) is 5.82. The Morgan fingerprint density at radius 3 is 2.59 bits per heavy atom. The molecule has 1 aromatic heterocycles. The summed E-state index contributed by atoms with van der Waals surface area (Å²) in [7, 11) is 2.10. The Labute approximate surface area is 130 Å². The number of hydrogen-bond donors (Lipinski definition) is 1. The van der Waals surface area contributed by atoms with Crippen LogP contribution in [0.2, 0.25) is 0 Å². The SMILES string of the molecule is Cn1cc(CCN2CCNCC2)c2cc3c(cc21)OCCO3. The van der Waals surface area contributed by atoms with E-state index >= 15 is 0 Å². The van der Waals surface area contributed by atoms with Gasteiger partial charge in [-0.05, 0) is 18.1 Å². The third kappa shape index (κ3) is 2.55. The number of hydrogen-bond acceptors (Lipinski definition) is 4. The van der Waals surface area contributed by atoms with Crippen molar-refractivity contribution >= 4 is 10.9 Å². The number of aromatic nitrogens is 1. The maximum atomic E-state index is 5.74. The zero-order valence-corrected chi connectivity index (χ0v) is 13.1. The van der Waals surface area contributed by atoms with E-state index < -0.39 is 0 Å². The predicted molar refractivity (Wildman–Crippen MR) is 86.9 cm³/mol. The molecule has 0 radical (unpaired) electrons. The van der Waals surface area contributed by atoms with Gasteiger partial charge in [0, 0.05) is 57.4 Å². The molecular weight excluding hydrogens is 278 g/mol. The molecule has 0 bridgehead atoms. The second-order valence-electron chi connectivity index (χ2n) is 6.12. The van der Waals surface area contributed by atoms with Crippen LogP contribution in [0.3, 0.4) is 0 Å². The van der Waals surface area contributed by atoms with Gasteiger partial charge in [-0.3, -0.25) is 0 Å². The largest absolute Gasteiger partial charge is 0.486 e. The molecule has 0 atom stereocenters. The normalized spacial score (nSPS) is 18.8. The van der Waals surface area contributed by atoms with E-state index in [1.54, 1.807) is 0 Å². The molecule has 3 heterocycles. The lowest BCUT2D eigenvalue weighted by Crippen LogP contribution is -2.44. The van der Waals surface area contributed by atoms with Crippen LogP contribution >= 0.6 is 0 Å². The summed E-state index contributed by atoms with van der Waals surface area (Å²) in [5.74, 6) is 1.75. The van der Waals surface area contributed by atoms with Crippen LogP contribution in [0.1, 0.15) is 5.56 Å². The van der Waals surface area contributed by atoms with Crippen molar-refractivity contribution in [1.82, 2.24) is 14.8 Å². The third-order valence-electron chi connectivity index (χ3n) is 4.64. The minimum atomic E-state index is 0.638. The first-order valence-electron chi connectivity index (χ1n) is 8.12. The molecule has 1 fully saturated rings. The van der Waals surface area contributed by atoms with Gasteiger partial charge >= 0.3 is 0 Å². The molecule has 4 rings (SSSR count). The Kier molecular flexibility index (Phi) is 3.68. The number of nitrogens with zero attached hydrogens (tertiary/aromatic N) is 2. The molecule has 5 nitrogen and oxygen atoms in total. The standard InChI is InChI=1S/C17H23N3O2/c1-19-12-13(2-5-20-6-3-18-4-7-20)14-10-16-17(11-15(14)19)22-9-8-21-16/h10-12,18H,2-9H2,1H3. The molecular formula is C17H23N3O2. The molecule has 1 N–H and O–H groups in total. The summed E-state index contributed by atoms with van der Waals surface area (Å²) in [4.78, 5) is 2.54. The average Bonchev–Trinajstić information content (AvgIpc) is 2.87. The molecule has 1 saturated heterocycles. The van der Waals surface area contributed by atoms with Crippen molar-refractivity contribution < 1.29 is 9.47 Å². The van der Waals surface area contributed by atoms with Crippen molar-refractivity contribution in [1.29, 1.82) is 0 Å². The van der Waals surface area contributed by atoms with Gasteiger partial charge in [-0.25, -0.2) is 0 Å². The first kappa shape index (κ1) is 13.9. The van der Waals surface area contributed by atoms with E-state index in [2.05, 4.69) is 40.2 Å². The summed E-state index contributed by atoms with van der Waals surface area (Å²) in [6.45, 7) is 6.91. The van der Waals surface area contributed by atoms with Crippen molar-refractivity contribution in [3.8, 4) is 11.5 Å². The lowest BCUT2D eigenvalue weighted by Gasteiger charge is -2.27. The van der Waals surface area contributed by atoms with Gasteiger partial charge in [-0.2, -0.15) is 0 Å². The van der Waals surface area contributed by atoms with E-state index in [1.807, 2.05) is 0 Å². The van der Waals surface area contributed by atoms with Gasteiger partial charge in [0.2, 0.25) is 0 Å². The molecule has 2 aromatic rings. The molecule has 0 saturated carbocycles. The first-order valence-corrected chi connectivity index (χ1v) is 8.12. The molecule has 0 unspecified atom stereocenters. The first-order chi connectivity index (χ1) is 10.8. The molecule has 2 aliphatic rings. The van der Waals surface area contributed by atoms with E-state index in [0.29, 0.717) is 13.2 Å². The van der Waals surface area contributed by atoms with Crippen LogP contribution < -0.4 is 14.8 Å². The summed E-state index contributed by atoms with van der Waals surface area (Å²) in [6, 6.07) is 4.26. The van der Waals surface area contributed by atoms with Gasteiger partial charge in [-0.1, -0.05) is 0 Å². The lowest BCUT2D eigenvalue weighted by molar-refractivity contribution is 0.172. The lowest BCUT2D eigenvalue weighted by atomic mass is 10.1. The topological polar surface area (TPSA) is 38.7 Å².